The van der Waals surface area contributed by atoms with E-state index in [0.29, 0.717) is 24.3 Å². The molecule has 182 valence electrons. The predicted octanol–water partition coefficient (Wildman–Crippen LogP) is 5.04. The zero-order valence-corrected chi connectivity index (χ0v) is 20.1. The normalized spacial score (nSPS) is 15.4. The number of carbonyl (C=O) groups excluding carboxylic acids is 2. The number of aromatic nitrogens is 2. The molecule has 0 spiro atoms. The predicted molar refractivity (Wildman–Crippen MR) is 139 cm³/mol. The highest BCUT2D eigenvalue weighted by molar-refractivity contribution is 6.00. The highest BCUT2D eigenvalue weighted by Crippen LogP contribution is 2.28. The number of methoxy groups -OCH3 is 1. The molecule has 5 rings (SSSR count). The maximum Gasteiger partial charge on any atom is 0.257 e. The zero-order valence-electron chi connectivity index (χ0n) is 20.1. The molecule has 1 N–H and O–H groups in total. The van der Waals surface area contributed by atoms with Gasteiger partial charge in [-0.2, -0.15) is 5.10 Å². The van der Waals surface area contributed by atoms with E-state index in [9.17, 15) is 9.59 Å². The van der Waals surface area contributed by atoms with Gasteiger partial charge in [-0.15, -0.1) is 0 Å². The van der Waals surface area contributed by atoms with E-state index in [-0.39, 0.29) is 17.7 Å². The lowest BCUT2D eigenvalue weighted by Gasteiger charge is -2.32. The van der Waals surface area contributed by atoms with Gasteiger partial charge in [0.2, 0.25) is 5.91 Å². The number of benzene rings is 3. The quantitative estimate of drug-likeness (QED) is 0.420. The van der Waals surface area contributed by atoms with E-state index in [4.69, 9.17) is 9.84 Å². The van der Waals surface area contributed by atoms with E-state index in [2.05, 4.69) is 5.32 Å². The molecule has 4 aromatic rings. The van der Waals surface area contributed by atoms with E-state index in [1.165, 1.54) is 0 Å². The van der Waals surface area contributed by atoms with Gasteiger partial charge < -0.3 is 15.0 Å². The van der Waals surface area contributed by atoms with Gasteiger partial charge in [-0.1, -0.05) is 36.4 Å². The first-order valence-electron chi connectivity index (χ1n) is 12.1. The van der Waals surface area contributed by atoms with E-state index < -0.39 is 0 Å². The second-order valence-electron chi connectivity index (χ2n) is 8.85. The van der Waals surface area contributed by atoms with Crippen molar-refractivity contribution in [2.45, 2.75) is 12.8 Å². The standard InChI is InChI=1S/C29H28N4O3/c1-36-25-16-14-21(15-17-25)27-26(20-33(31-27)24-12-6-3-7-13-24)29(35)32-18-8-9-22(19-32)28(34)30-23-10-4-2-5-11-23/h2-7,10-17,20,22H,8-9,18-19H2,1H3,(H,30,34). The zero-order chi connectivity index (χ0) is 24.9. The van der Waals surface area contributed by atoms with Crippen LogP contribution in [0.4, 0.5) is 5.69 Å². The van der Waals surface area contributed by atoms with Gasteiger partial charge in [0.1, 0.15) is 11.4 Å². The molecule has 2 heterocycles. The summed E-state index contributed by atoms with van der Waals surface area (Å²) in [6.45, 7) is 0.975. The van der Waals surface area contributed by atoms with Gasteiger partial charge in [-0.25, -0.2) is 4.68 Å². The average molecular weight is 481 g/mol. The molecule has 0 saturated carbocycles. The summed E-state index contributed by atoms with van der Waals surface area (Å²) in [5, 5.41) is 7.76. The third-order valence-electron chi connectivity index (χ3n) is 6.45. The SMILES string of the molecule is COc1ccc(-c2nn(-c3ccccc3)cc2C(=O)N2CCCC(C(=O)Nc3ccccc3)C2)cc1. The molecule has 7 nitrogen and oxygen atoms in total. The second kappa shape index (κ2) is 10.5. The Hall–Kier alpha value is -4.39. The first-order chi connectivity index (χ1) is 17.6. The molecular weight excluding hydrogens is 452 g/mol. The van der Waals surface area contributed by atoms with Crippen LogP contribution in [0.25, 0.3) is 16.9 Å². The summed E-state index contributed by atoms with van der Waals surface area (Å²) in [5.74, 6) is 0.281. The molecule has 1 unspecified atom stereocenters. The Morgan fingerprint density at radius 3 is 2.33 bits per heavy atom. The smallest absolute Gasteiger partial charge is 0.257 e. The largest absolute Gasteiger partial charge is 0.497 e. The third-order valence-corrected chi connectivity index (χ3v) is 6.45. The number of likely N-dealkylation sites (tertiary alicyclic amines) is 1. The Balaban J connectivity index is 1.42. The number of amides is 2. The van der Waals surface area contributed by atoms with Gasteiger partial charge in [0.15, 0.2) is 0 Å². The number of anilines is 1. The van der Waals surface area contributed by atoms with Crippen molar-refractivity contribution < 1.29 is 14.3 Å². The number of para-hydroxylation sites is 2. The first-order valence-corrected chi connectivity index (χ1v) is 12.1. The number of piperidine rings is 1. The lowest BCUT2D eigenvalue weighted by molar-refractivity contribution is -0.121. The van der Waals surface area contributed by atoms with Crippen LogP contribution in [-0.2, 0) is 4.79 Å². The first kappa shape index (κ1) is 23.4. The average Bonchev–Trinajstić information content (AvgIpc) is 3.39. The van der Waals surface area contributed by atoms with E-state index in [1.54, 1.807) is 22.9 Å². The summed E-state index contributed by atoms with van der Waals surface area (Å²) in [6.07, 6.45) is 3.30. The van der Waals surface area contributed by atoms with Gasteiger partial charge in [-0.05, 0) is 61.4 Å². The molecule has 1 aliphatic heterocycles. The summed E-state index contributed by atoms with van der Waals surface area (Å²) in [6, 6.07) is 26.6. The molecule has 36 heavy (non-hydrogen) atoms. The maximum absolute atomic E-state index is 13.8. The van der Waals surface area contributed by atoms with Crippen LogP contribution in [-0.4, -0.2) is 46.7 Å². The van der Waals surface area contributed by atoms with E-state index >= 15 is 0 Å². The van der Waals surface area contributed by atoms with Crippen LogP contribution < -0.4 is 10.1 Å². The molecule has 1 saturated heterocycles. The fraction of sp³-hybridized carbons (Fsp3) is 0.207. The molecule has 0 bridgehead atoms. The van der Waals surface area contributed by atoms with Crippen molar-refractivity contribution in [2.75, 3.05) is 25.5 Å². The fourth-order valence-electron chi connectivity index (χ4n) is 4.52. The number of nitrogens with zero attached hydrogens (tertiary/aromatic N) is 3. The molecule has 3 aromatic carbocycles. The van der Waals surface area contributed by atoms with Crippen molar-refractivity contribution in [1.29, 1.82) is 0 Å². The van der Waals surface area contributed by atoms with Gasteiger partial charge in [-0.3, -0.25) is 9.59 Å². The summed E-state index contributed by atoms with van der Waals surface area (Å²) in [4.78, 5) is 28.5. The molecule has 1 aromatic heterocycles. The monoisotopic (exact) mass is 480 g/mol. The van der Waals surface area contributed by atoms with Crippen LogP contribution in [0.15, 0.2) is 91.1 Å². The van der Waals surface area contributed by atoms with Gasteiger partial charge in [0.05, 0.1) is 24.3 Å². The van der Waals surface area contributed by atoms with Crippen molar-refractivity contribution >= 4 is 17.5 Å². The maximum atomic E-state index is 13.8. The van der Waals surface area contributed by atoms with Crippen LogP contribution in [0.5, 0.6) is 5.75 Å². The fourth-order valence-corrected chi connectivity index (χ4v) is 4.52. The van der Waals surface area contributed by atoms with Gasteiger partial charge in [0.25, 0.3) is 5.91 Å². The topological polar surface area (TPSA) is 76.5 Å². The number of hydrogen-bond donors (Lipinski definition) is 1. The molecular formula is C29H28N4O3. The Labute approximate surface area is 210 Å². The van der Waals surface area contributed by atoms with Crippen molar-refractivity contribution in [2.24, 2.45) is 5.92 Å². The number of ether oxygens (including phenoxy) is 1. The Bertz CT molecular complexity index is 1330. The van der Waals surface area contributed by atoms with Crippen LogP contribution in [0.2, 0.25) is 0 Å². The van der Waals surface area contributed by atoms with Gasteiger partial charge in [0, 0.05) is 30.5 Å². The summed E-state index contributed by atoms with van der Waals surface area (Å²) < 4.78 is 7.02. The minimum atomic E-state index is -0.267. The van der Waals surface area contributed by atoms with Crippen LogP contribution >= 0.6 is 0 Å². The summed E-state index contributed by atoms with van der Waals surface area (Å²) >= 11 is 0. The molecule has 1 atom stereocenters. The number of hydrogen-bond acceptors (Lipinski definition) is 4. The van der Waals surface area contributed by atoms with Crippen LogP contribution in [0.1, 0.15) is 23.2 Å². The van der Waals surface area contributed by atoms with Crippen molar-refractivity contribution in [3.8, 4) is 22.7 Å². The highest BCUT2D eigenvalue weighted by Gasteiger charge is 2.31. The third kappa shape index (κ3) is 5.00. The van der Waals surface area contributed by atoms with Crippen molar-refractivity contribution in [3.63, 3.8) is 0 Å². The van der Waals surface area contributed by atoms with E-state index in [1.807, 2.05) is 84.9 Å². The Kier molecular flexibility index (Phi) is 6.80. The summed E-state index contributed by atoms with van der Waals surface area (Å²) in [7, 11) is 1.62. The number of carbonyl (C=O) groups is 2. The van der Waals surface area contributed by atoms with Crippen LogP contribution in [0, 0.1) is 5.92 Å². The number of nitrogens with one attached hydrogen (secondary N) is 1. The molecule has 2 amide bonds. The Morgan fingerprint density at radius 2 is 1.64 bits per heavy atom. The van der Waals surface area contributed by atoms with E-state index in [0.717, 1.165) is 35.5 Å². The minimum absolute atomic E-state index is 0.0611. The van der Waals surface area contributed by atoms with Crippen LogP contribution in [0.3, 0.4) is 0 Å². The highest BCUT2D eigenvalue weighted by atomic mass is 16.5. The van der Waals surface area contributed by atoms with Crippen molar-refractivity contribution in [1.82, 2.24) is 14.7 Å². The summed E-state index contributed by atoms with van der Waals surface area (Å²) in [5.41, 5.74) is 3.56. The molecule has 0 aliphatic carbocycles. The second-order valence-corrected chi connectivity index (χ2v) is 8.85. The van der Waals surface area contributed by atoms with Crippen molar-refractivity contribution in [3.05, 3.63) is 96.7 Å². The molecule has 0 radical (unpaired) electrons. The Morgan fingerprint density at radius 1 is 0.944 bits per heavy atom. The van der Waals surface area contributed by atoms with Gasteiger partial charge >= 0.3 is 0 Å². The number of rotatable bonds is 6. The lowest BCUT2D eigenvalue weighted by Crippen LogP contribution is -2.43. The molecule has 1 aliphatic rings. The molecule has 1 fully saturated rings. The minimum Gasteiger partial charge on any atom is -0.497 e. The lowest BCUT2D eigenvalue weighted by atomic mass is 9.96. The molecule has 7 heteroatoms.